The number of halogens is 3. The van der Waals surface area contributed by atoms with Crippen molar-refractivity contribution >= 4 is 11.2 Å². The quantitative estimate of drug-likeness (QED) is 0.773. The first-order valence-corrected chi connectivity index (χ1v) is 8.09. The van der Waals surface area contributed by atoms with E-state index in [1.54, 1.807) is 10.9 Å². The molecule has 1 aliphatic rings. The van der Waals surface area contributed by atoms with Gasteiger partial charge in [-0.2, -0.15) is 13.2 Å². The van der Waals surface area contributed by atoms with E-state index in [0.717, 1.165) is 25.0 Å². The molecule has 1 aliphatic heterocycles. The van der Waals surface area contributed by atoms with Gasteiger partial charge in [-0.15, -0.1) is 0 Å². The van der Waals surface area contributed by atoms with Gasteiger partial charge in [-0.3, -0.25) is 4.57 Å². The summed E-state index contributed by atoms with van der Waals surface area (Å²) in [6.45, 7) is -0.0467. The Morgan fingerprint density at radius 2 is 1.88 bits per heavy atom. The van der Waals surface area contributed by atoms with Crippen molar-refractivity contribution in [3.8, 4) is 11.3 Å². The first-order chi connectivity index (χ1) is 12.5. The van der Waals surface area contributed by atoms with E-state index in [1.165, 1.54) is 18.5 Å². The second-order valence-electron chi connectivity index (χ2n) is 6.09. The van der Waals surface area contributed by atoms with Crippen molar-refractivity contribution in [3.63, 3.8) is 0 Å². The zero-order valence-corrected chi connectivity index (χ0v) is 13.5. The number of nitrogens with zero attached hydrogens (tertiary/aromatic N) is 4. The lowest BCUT2D eigenvalue weighted by atomic mass is 10.1. The summed E-state index contributed by atoms with van der Waals surface area (Å²) in [5.41, 5.74) is 1.30. The highest BCUT2D eigenvalue weighted by molar-refractivity contribution is 5.87. The standard InChI is InChI=1S/C17H15F3N4O2/c18-17(19,20)11-3-1-10(2-4-11)14-15-16(22-8-21-14)24(9-23-15)13-6-5-12(7-25)26-13/h1-4,8-9,12-13,25H,5-7H2. The Hall–Kier alpha value is -2.52. The van der Waals surface area contributed by atoms with Crippen molar-refractivity contribution in [3.05, 3.63) is 42.5 Å². The van der Waals surface area contributed by atoms with Crippen LogP contribution in [0.4, 0.5) is 13.2 Å². The van der Waals surface area contributed by atoms with Gasteiger partial charge in [0.15, 0.2) is 5.65 Å². The van der Waals surface area contributed by atoms with E-state index in [9.17, 15) is 18.3 Å². The van der Waals surface area contributed by atoms with Crippen LogP contribution in [0.25, 0.3) is 22.4 Å². The largest absolute Gasteiger partial charge is 0.416 e. The van der Waals surface area contributed by atoms with Crippen molar-refractivity contribution in [1.29, 1.82) is 0 Å². The molecule has 2 unspecified atom stereocenters. The van der Waals surface area contributed by atoms with Crippen molar-refractivity contribution in [1.82, 2.24) is 19.5 Å². The third kappa shape index (κ3) is 2.93. The molecule has 0 radical (unpaired) electrons. The molecule has 0 spiro atoms. The lowest BCUT2D eigenvalue weighted by Gasteiger charge is -2.14. The molecule has 0 bridgehead atoms. The number of alkyl halides is 3. The summed E-state index contributed by atoms with van der Waals surface area (Å²) >= 11 is 0. The first kappa shape index (κ1) is 16.9. The molecule has 3 heterocycles. The third-order valence-corrected chi connectivity index (χ3v) is 4.44. The predicted molar refractivity (Wildman–Crippen MR) is 86.0 cm³/mol. The molecule has 4 rings (SSSR count). The maximum absolute atomic E-state index is 12.7. The molecule has 0 saturated carbocycles. The van der Waals surface area contributed by atoms with E-state index < -0.39 is 11.7 Å². The molecular weight excluding hydrogens is 349 g/mol. The van der Waals surface area contributed by atoms with Crippen molar-refractivity contribution in [2.24, 2.45) is 0 Å². The first-order valence-electron chi connectivity index (χ1n) is 8.09. The van der Waals surface area contributed by atoms with E-state index in [0.29, 0.717) is 22.4 Å². The normalized spacial score (nSPS) is 20.8. The van der Waals surface area contributed by atoms with Gasteiger partial charge in [0.05, 0.1) is 24.6 Å². The molecule has 3 aromatic rings. The van der Waals surface area contributed by atoms with Gasteiger partial charge in [-0.25, -0.2) is 15.0 Å². The minimum absolute atomic E-state index is 0.0467. The second-order valence-corrected chi connectivity index (χ2v) is 6.09. The summed E-state index contributed by atoms with van der Waals surface area (Å²) in [5, 5.41) is 9.21. The Balaban J connectivity index is 1.71. The molecule has 0 amide bonds. The molecule has 26 heavy (non-hydrogen) atoms. The van der Waals surface area contributed by atoms with Crippen LogP contribution in [0.1, 0.15) is 24.6 Å². The number of aliphatic hydroxyl groups excluding tert-OH is 1. The zero-order valence-electron chi connectivity index (χ0n) is 13.5. The van der Waals surface area contributed by atoms with Crippen LogP contribution in [-0.2, 0) is 10.9 Å². The molecule has 1 aromatic carbocycles. The fourth-order valence-corrected chi connectivity index (χ4v) is 3.12. The van der Waals surface area contributed by atoms with E-state index in [4.69, 9.17) is 4.74 Å². The molecule has 2 atom stereocenters. The number of aliphatic hydroxyl groups is 1. The highest BCUT2D eigenvalue weighted by Gasteiger charge is 2.30. The third-order valence-electron chi connectivity index (χ3n) is 4.44. The summed E-state index contributed by atoms with van der Waals surface area (Å²) in [6, 6.07) is 4.79. The number of hydrogen-bond donors (Lipinski definition) is 1. The van der Waals surface area contributed by atoms with E-state index in [2.05, 4.69) is 15.0 Å². The Kier molecular flexibility index (Phi) is 4.12. The Labute approximate surface area is 146 Å². The second kappa shape index (κ2) is 6.33. The average molecular weight is 364 g/mol. The molecular formula is C17H15F3N4O2. The van der Waals surface area contributed by atoms with Gasteiger partial charge in [0.2, 0.25) is 0 Å². The monoisotopic (exact) mass is 364 g/mol. The molecule has 1 fully saturated rings. The molecule has 9 heteroatoms. The summed E-state index contributed by atoms with van der Waals surface area (Å²) in [7, 11) is 0. The summed E-state index contributed by atoms with van der Waals surface area (Å²) in [4.78, 5) is 12.8. The van der Waals surface area contributed by atoms with Crippen LogP contribution in [0.15, 0.2) is 36.9 Å². The number of imidazole rings is 1. The van der Waals surface area contributed by atoms with E-state index in [-0.39, 0.29) is 18.9 Å². The van der Waals surface area contributed by atoms with Gasteiger partial charge < -0.3 is 9.84 Å². The Morgan fingerprint density at radius 3 is 2.54 bits per heavy atom. The lowest BCUT2D eigenvalue weighted by Crippen LogP contribution is -2.14. The lowest BCUT2D eigenvalue weighted by molar-refractivity contribution is -0.137. The zero-order chi connectivity index (χ0) is 18.3. The van der Waals surface area contributed by atoms with Crippen LogP contribution in [0, 0.1) is 0 Å². The molecule has 6 nitrogen and oxygen atoms in total. The number of aromatic nitrogens is 4. The van der Waals surface area contributed by atoms with Gasteiger partial charge in [0.1, 0.15) is 23.8 Å². The molecule has 0 aliphatic carbocycles. The van der Waals surface area contributed by atoms with Gasteiger partial charge in [0, 0.05) is 5.56 Å². The summed E-state index contributed by atoms with van der Waals surface area (Å²) < 4.78 is 45.7. The number of hydrogen-bond acceptors (Lipinski definition) is 5. The van der Waals surface area contributed by atoms with Crippen molar-refractivity contribution in [2.75, 3.05) is 6.61 Å². The van der Waals surface area contributed by atoms with Gasteiger partial charge in [0.25, 0.3) is 0 Å². The minimum atomic E-state index is -4.38. The van der Waals surface area contributed by atoms with E-state index >= 15 is 0 Å². The highest BCUT2D eigenvalue weighted by atomic mass is 19.4. The minimum Gasteiger partial charge on any atom is -0.394 e. The summed E-state index contributed by atoms with van der Waals surface area (Å²) in [5.74, 6) is 0. The highest BCUT2D eigenvalue weighted by Crippen LogP contribution is 2.34. The number of rotatable bonds is 3. The molecule has 136 valence electrons. The van der Waals surface area contributed by atoms with Crippen LogP contribution in [0.2, 0.25) is 0 Å². The van der Waals surface area contributed by atoms with Crippen LogP contribution in [-0.4, -0.2) is 37.3 Å². The molecule has 1 saturated heterocycles. The predicted octanol–water partition coefficient (Wildman–Crippen LogP) is 3.18. The molecule has 1 N–H and O–H groups in total. The van der Waals surface area contributed by atoms with Crippen LogP contribution in [0.3, 0.4) is 0 Å². The Bertz CT molecular complexity index is 924. The van der Waals surface area contributed by atoms with Gasteiger partial charge in [-0.1, -0.05) is 12.1 Å². The van der Waals surface area contributed by atoms with Crippen molar-refractivity contribution < 1.29 is 23.0 Å². The van der Waals surface area contributed by atoms with Crippen LogP contribution in [0.5, 0.6) is 0 Å². The van der Waals surface area contributed by atoms with Crippen LogP contribution < -0.4 is 0 Å². The number of benzene rings is 1. The fourth-order valence-electron chi connectivity index (χ4n) is 3.12. The van der Waals surface area contributed by atoms with Crippen molar-refractivity contribution in [2.45, 2.75) is 31.3 Å². The van der Waals surface area contributed by atoms with Gasteiger partial charge in [-0.05, 0) is 25.0 Å². The van der Waals surface area contributed by atoms with Gasteiger partial charge >= 0.3 is 6.18 Å². The smallest absolute Gasteiger partial charge is 0.394 e. The number of fused-ring (bicyclic) bond motifs is 1. The maximum atomic E-state index is 12.7. The molecule has 2 aromatic heterocycles. The van der Waals surface area contributed by atoms with Crippen LogP contribution >= 0.6 is 0 Å². The topological polar surface area (TPSA) is 73.1 Å². The Morgan fingerprint density at radius 1 is 1.12 bits per heavy atom. The average Bonchev–Trinajstić information content (AvgIpc) is 3.27. The SMILES string of the molecule is OCC1CCC(n2cnc3c(-c4ccc(C(F)(F)F)cc4)ncnc32)O1. The summed E-state index contributed by atoms with van der Waals surface area (Å²) in [6.07, 6.45) is -0.497. The maximum Gasteiger partial charge on any atom is 0.416 e. The number of ether oxygens (including phenoxy) is 1. The fraction of sp³-hybridized carbons (Fsp3) is 0.353. The van der Waals surface area contributed by atoms with E-state index in [1.807, 2.05) is 0 Å².